The van der Waals surface area contributed by atoms with E-state index >= 15 is 0 Å². The molecule has 0 aromatic carbocycles. The minimum absolute atomic E-state index is 0.208. The van der Waals surface area contributed by atoms with Crippen LogP contribution in [-0.4, -0.2) is 5.97 Å². The first-order valence-electron chi connectivity index (χ1n) is 11.1. The van der Waals surface area contributed by atoms with Crippen molar-refractivity contribution < 1.29 is 9.53 Å². The number of ether oxygens (including phenoxy) is 1. The van der Waals surface area contributed by atoms with E-state index in [0.29, 0.717) is 22.3 Å². The molecule has 0 aromatic rings. The van der Waals surface area contributed by atoms with Gasteiger partial charge in [-0.15, -0.1) is 0 Å². The Morgan fingerprint density at radius 1 is 1.26 bits per heavy atom. The van der Waals surface area contributed by atoms with Crippen molar-refractivity contribution in [2.24, 2.45) is 28.6 Å². The number of cyclic esters (lactones) is 1. The maximum atomic E-state index is 11.8. The zero-order chi connectivity index (χ0) is 19.7. The van der Waals surface area contributed by atoms with Crippen molar-refractivity contribution in [1.29, 1.82) is 0 Å². The number of allylic oxidation sites excluding steroid dienone is 2. The van der Waals surface area contributed by atoms with Gasteiger partial charge in [0.2, 0.25) is 0 Å². The number of hydrogen-bond donors (Lipinski definition) is 0. The monoisotopic (exact) mass is 370 g/mol. The van der Waals surface area contributed by atoms with Gasteiger partial charge in [0, 0.05) is 0 Å². The predicted octanol–water partition coefficient (Wildman–Crippen LogP) is 6.98. The molecule has 0 aromatic heterocycles. The van der Waals surface area contributed by atoms with E-state index in [9.17, 15) is 4.79 Å². The average Bonchev–Trinajstić information content (AvgIpc) is 3.02. The third-order valence-electron chi connectivity index (χ3n) is 8.26. The average molecular weight is 371 g/mol. The Hall–Kier alpha value is -1.31. The van der Waals surface area contributed by atoms with Crippen molar-refractivity contribution in [3.05, 3.63) is 36.1 Å². The summed E-state index contributed by atoms with van der Waals surface area (Å²) in [5.41, 5.74) is 2.85. The maximum absolute atomic E-state index is 11.8. The molecular formula is C25H38O2. The van der Waals surface area contributed by atoms with Crippen LogP contribution in [-0.2, 0) is 9.53 Å². The summed E-state index contributed by atoms with van der Waals surface area (Å²) < 4.78 is 4.96. The number of esters is 1. The molecule has 27 heavy (non-hydrogen) atoms. The molecule has 1 aliphatic heterocycles. The Kier molecular flexibility index (Phi) is 6.03. The quantitative estimate of drug-likeness (QED) is 0.286. The lowest BCUT2D eigenvalue weighted by Gasteiger charge is -2.62. The molecule has 2 aliphatic carbocycles. The van der Waals surface area contributed by atoms with Crippen LogP contribution in [0.25, 0.3) is 0 Å². The molecule has 0 saturated heterocycles. The van der Waals surface area contributed by atoms with E-state index < -0.39 is 0 Å². The van der Waals surface area contributed by atoms with Gasteiger partial charge in [-0.25, -0.2) is 4.79 Å². The lowest BCUT2D eigenvalue weighted by atomic mass is 9.43. The van der Waals surface area contributed by atoms with E-state index in [1.807, 2.05) is 0 Å². The van der Waals surface area contributed by atoms with Gasteiger partial charge in [-0.3, -0.25) is 0 Å². The molecule has 2 heteroatoms. The fraction of sp³-hybridized carbons (Fsp3) is 0.720. The topological polar surface area (TPSA) is 26.3 Å². The van der Waals surface area contributed by atoms with Crippen molar-refractivity contribution in [1.82, 2.24) is 0 Å². The first-order chi connectivity index (χ1) is 12.9. The Balaban J connectivity index is 1.89. The number of rotatable bonds is 6. The van der Waals surface area contributed by atoms with E-state index in [2.05, 4.69) is 40.3 Å². The summed E-state index contributed by atoms with van der Waals surface area (Å²) in [6, 6.07) is 0. The highest BCUT2D eigenvalue weighted by Crippen LogP contribution is 2.65. The van der Waals surface area contributed by atoms with Crippen LogP contribution in [0.5, 0.6) is 0 Å². The highest BCUT2D eigenvalue weighted by Gasteiger charge is 2.56. The lowest BCUT2D eigenvalue weighted by molar-refractivity contribution is -0.132. The highest BCUT2D eigenvalue weighted by molar-refractivity contribution is 5.94. The number of carbonyl (C=O) groups is 1. The van der Waals surface area contributed by atoms with Crippen LogP contribution in [0.1, 0.15) is 85.5 Å². The molecule has 0 bridgehead atoms. The highest BCUT2D eigenvalue weighted by atomic mass is 16.5. The largest absolute Gasteiger partial charge is 0.431 e. The normalized spacial score (nSPS) is 40.3. The van der Waals surface area contributed by atoms with Gasteiger partial charge in [0.1, 0.15) is 0 Å². The standard InChI is InChI=1S/C25H38O2/c1-6-8-20-13-16-25(5)21(11-10-19-14-17-27-23(19)26)18(3)9-12-22(25)24(20,4)15-7-2/h10,14,17,20-22H,3,6-9,11-13,15-16H2,1-2,4-5H3/b19-10+/t20-,21-,22?,24-,25+/m1/s1. The van der Waals surface area contributed by atoms with E-state index in [0.717, 1.165) is 24.7 Å². The molecule has 0 spiro atoms. The summed E-state index contributed by atoms with van der Waals surface area (Å²) in [6.07, 6.45) is 16.7. The van der Waals surface area contributed by atoms with Gasteiger partial charge in [-0.05, 0) is 73.2 Å². The van der Waals surface area contributed by atoms with Gasteiger partial charge in [-0.1, -0.05) is 65.2 Å². The summed E-state index contributed by atoms with van der Waals surface area (Å²) in [6.45, 7) is 14.3. The van der Waals surface area contributed by atoms with Gasteiger partial charge in [0.05, 0.1) is 11.8 Å². The minimum Gasteiger partial charge on any atom is -0.431 e. The smallest absolute Gasteiger partial charge is 0.342 e. The van der Waals surface area contributed by atoms with E-state index in [1.54, 1.807) is 6.08 Å². The zero-order valence-electron chi connectivity index (χ0n) is 17.9. The van der Waals surface area contributed by atoms with E-state index in [-0.39, 0.29) is 5.97 Å². The summed E-state index contributed by atoms with van der Waals surface area (Å²) >= 11 is 0. The predicted molar refractivity (Wildman–Crippen MR) is 112 cm³/mol. The van der Waals surface area contributed by atoms with Gasteiger partial charge >= 0.3 is 5.97 Å². The van der Waals surface area contributed by atoms with Crippen LogP contribution in [0.3, 0.4) is 0 Å². The van der Waals surface area contributed by atoms with Gasteiger partial charge < -0.3 is 4.74 Å². The molecule has 1 unspecified atom stereocenters. The summed E-state index contributed by atoms with van der Waals surface area (Å²) in [4.78, 5) is 11.8. The maximum Gasteiger partial charge on any atom is 0.342 e. The summed E-state index contributed by atoms with van der Waals surface area (Å²) in [5.74, 6) is 1.89. The minimum atomic E-state index is -0.208. The molecule has 2 saturated carbocycles. The third kappa shape index (κ3) is 3.57. The van der Waals surface area contributed by atoms with E-state index in [4.69, 9.17) is 4.74 Å². The molecule has 0 N–H and O–H groups in total. The number of carbonyl (C=O) groups excluding carboxylic acids is 1. The van der Waals surface area contributed by atoms with Gasteiger partial charge in [0.25, 0.3) is 0 Å². The molecule has 2 nitrogen and oxygen atoms in total. The van der Waals surface area contributed by atoms with Crippen molar-refractivity contribution in [2.75, 3.05) is 0 Å². The Bertz CT molecular complexity index is 643. The SMILES string of the molecule is C=C1CCC2[C@](C)(CCC)[C@H](CCC)CC[C@@]2(C)[C@@H]1C/C=C1\C=COC1=O. The third-order valence-corrected chi connectivity index (χ3v) is 8.26. The summed E-state index contributed by atoms with van der Waals surface area (Å²) in [5, 5.41) is 0. The van der Waals surface area contributed by atoms with Gasteiger partial charge in [0.15, 0.2) is 0 Å². The van der Waals surface area contributed by atoms with Crippen LogP contribution < -0.4 is 0 Å². The fourth-order valence-corrected chi connectivity index (χ4v) is 6.95. The Morgan fingerprint density at radius 2 is 2.04 bits per heavy atom. The lowest BCUT2D eigenvalue weighted by Crippen LogP contribution is -2.53. The Labute approximate surface area is 166 Å². The van der Waals surface area contributed by atoms with Crippen molar-refractivity contribution >= 4 is 5.97 Å². The Morgan fingerprint density at radius 3 is 2.67 bits per heavy atom. The van der Waals surface area contributed by atoms with Gasteiger partial charge in [-0.2, -0.15) is 0 Å². The molecule has 150 valence electrons. The van der Waals surface area contributed by atoms with Crippen molar-refractivity contribution in [2.45, 2.75) is 85.5 Å². The molecule has 1 heterocycles. The number of fused-ring (bicyclic) bond motifs is 1. The second-order valence-corrected chi connectivity index (χ2v) is 9.69. The van der Waals surface area contributed by atoms with Crippen LogP contribution in [0.4, 0.5) is 0 Å². The molecule has 0 radical (unpaired) electrons. The fourth-order valence-electron chi connectivity index (χ4n) is 6.95. The molecular weight excluding hydrogens is 332 g/mol. The van der Waals surface area contributed by atoms with Crippen molar-refractivity contribution in [3.8, 4) is 0 Å². The first kappa shape index (κ1) is 20.4. The molecule has 3 rings (SSSR count). The van der Waals surface area contributed by atoms with Crippen LogP contribution in [0.2, 0.25) is 0 Å². The van der Waals surface area contributed by atoms with Crippen LogP contribution in [0, 0.1) is 28.6 Å². The first-order valence-corrected chi connectivity index (χ1v) is 11.1. The molecule has 5 atom stereocenters. The second-order valence-electron chi connectivity index (χ2n) is 9.69. The van der Waals surface area contributed by atoms with Crippen LogP contribution >= 0.6 is 0 Å². The van der Waals surface area contributed by atoms with E-state index in [1.165, 1.54) is 56.8 Å². The van der Waals surface area contributed by atoms with Crippen LogP contribution in [0.15, 0.2) is 36.1 Å². The second kappa shape index (κ2) is 7.97. The molecule has 3 aliphatic rings. The molecule has 0 amide bonds. The zero-order valence-corrected chi connectivity index (χ0v) is 17.9. The summed E-state index contributed by atoms with van der Waals surface area (Å²) in [7, 11) is 0. The molecule has 2 fully saturated rings. The van der Waals surface area contributed by atoms with Crippen molar-refractivity contribution in [3.63, 3.8) is 0 Å². The number of hydrogen-bond acceptors (Lipinski definition) is 2.